The molecule has 110 valence electrons. The third-order valence-electron chi connectivity index (χ3n) is 4.39. The number of aliphatic carboxylic acids is 1. The van der Waals surface area contributed by atoms with E-state index in [1.165, 1.54) is 4.31 Å². The summed E-state index contributed by atoms with van der Waals surface area (Å²) in [7, 11) is -3.62. The molecule has 0 radical (unpaired) electrons. The number of carboxylic acids is 1. The van der Waals surface area contributed by atoms with Gasteiger partial charge >= 0.3 is 5.97 Å². The monoisotopic (exact) mass is 291 g/mol. The molecular formula is C12H21NO5S. The molecule has 0 aromatic heterocycles. The molecule has 1 aliphatic heterocycles. The Hall–Kier alpha value is -0.660. The van der Waals surface area contributed by atoms with Crippen LogP contribution in [0.15, 0.2) is 0 Å². The van der Waals surface area contributed by atoms with Gasteiger partial charge in [0.15, 0.2) is 0 Å². The zero-order chi connectivity index (χ0) is 14.2. The van der Waals surface area contributed by atoms with Crippen LogP contribution < -0.4 is 0 Å². The van der Waals surface area contributed by atoms with Crippen molar-refractivity contribution in [2.75, 3.05) is 13.1 Å². The summed E-state index contributed by atoms with van der Waals surface area (Å²) in [5.74, 6) is -1.75. The van der Waals surface area contributed by atoms with Crippen LogP contribution in [0.1, 0.15) is 32.6 Å². The lowest BCUT2D eigenvalue weighted by Crippen LogP contribution is -2.50. The van der Waals surface area contributed by atoms with Gasteiger partial charge in [0, 0.05) is 13.1 Å². The first-order valence-electron chi connectivity index (χ1n) is 6.74. The summed E-state index contributed by atoms with van der Waals surface area (Å²) in [6.07, 6.45) is 1.42. The highest BCUT2D eigenvalue weighted by Gasteiger charge is 2.45. The zero-order valence-corrected chi connectivity index (χ0v) is 11.8. The number of aliphatic hydroxyl groups excluding tert-OH is 1. The second-order valence-corrected chi connectivity index (χ2v) is 7.80. The normalized spacial score (nSPS) is 37.4. The van der Waals surface area contributed by atoms with Crippen LogP contribution in [0.4, 0.5) is 0 Å². The predicted molar refractivity (Wildman–Crippen MR) is 69.0 cm³/mol. The van der Waals surface area contributed by atoms with E-state index < -0.39 is 33.3 Å². The molecule has 2 fully saturated rings. The summed E-state index contributed by atoms with van der Waals surface area (Å²) in [5.41, 5.74) is 0. The molecule has 2 aliphatic rings. The second kappa shape index (κ2) is 5.38. The van der Waals surface area contributed by atoms with Gasteiger partial charge in [-0.05, 0) is 25.2 Å². The van der Waals surface area contributed by atoms with Crippen molar-refractivity contribution in [3.05, 3.63) is 0 Å². The van der Waals surface area contributed by atoms with Crippen molar-refractivity contribution < 1.29 is 23.4 Å². The lowest BCUT2D eigenvalue weighted by Gasteiger charge is -2.35. The molecule has 1 aliphatic carbocycles. The van der Waals surface area contributed by atoms with Crippen molar-refractivity contribution in [1.29, 1.82) is 0 Å². The highest BCUT2D eigenvalue weighted by atomic mass is 32.2. The molecule has 4 atom stereocenters. The molecule has 0 aromatic rings. The van der Waals surface area contributed by atoms with Crippen molar-refractivity contribution in [3.63, 3.8) is 0 Å². The van der Waals surface area contributed by atoms with Gasteiger partial charge in [0.25, 0.3) is 0 Å². The van der Waals surface area contributed by atoms with Crippen molar-refractivity contribution in [2.45, 2.75) is 44.0 Å². The van der Waals surface area contributed by atoms with Crippen LogP contribution >= 0.6 is 0 Å². The van der Waals surface area contributed by atoms with Gasteiger partial charge in [-0.2, -0.15) is 4.31 Å². The average Bonchev–Trinajstić information content (AvgIpc) is 2.82. The number of hydrogen-bond acceptors (Lipinski definition) is 4. The van der Waals surface area contributed by atoms with E-state index in [9.17, 15) is 18.3 Å². The summed E-state index contributed by atoms with van der Waals surface area (Å²) in [6.45, 7) is 2.36. The molecule has 0 amide bonds. The van der Waals surface area contributed by atoms with Crippen molar-refractivity contribution in [1.82, 2.24) is 4.31 Å². The molecule has 0 bridgehead atoms. The van der Waals surface area contributed by atoms with Crippen molar-refractivity contribution in [3.8, 4) is 0 Å². The molecule has 1 saturated heterocycles. The van der Waals surface area contributed by atoms with E-state index in [1.54, 1.807) is 0 Å². The van der Waals surface area contributed by atoms with Crippen LogP contribution in [-0.4, -0.2) is 53.3 Å². The van der Waals surface area contributed by atoms with E-state index in [0.29, 0.717) is 32.2 Å². The molecule has 19 heavy (non-hydrogen) atoms. The number of aliphatic hydroxyl groups is 1. The standard InChI is InChI=1S/C12H21NO5S/c1-8-5-6-13(7-10(8)14)19(17,18)11-4-2-3-9(11)12(15)16/h8-11,14H,2-7H2,1H3,(H,15,16). The third-order valence-corrected chi connectivity index (χ3v) is 6.77. The average molecular weight is 291 g/mol. The maximum Gasteiger partial charge on any atom is 0.307 e. The Morgan fingerprint density at radius 1 is 1.26 bits per heavy atom. The largest absolute Gasteiger partial charge is 0.481 e. The van der Waals surface area contributed by atoms with Gasteiger partial charge in [0.05, 0.1) is 17.3 Å². The second-order valence-electron chi connectivity index (χ2n) is 5.65. The van der Waals surface area contributed by atoms with Crippen LogP contribution in [0.25, 0.3) is 0 Å². The molecule has 7 heteroatoms. The fourth-order valence-corrected chi connectivity index (χ4v) is 5.24. The quantitative estimate of drug-likeness (QED) is 0.778. The van der Waals surface area contributed by atoms with Gasteiger partial charge in [0.2, 0.25) is 10.0 Å². The smallest absolute Gasteiger partial charge is 0.307 e. The molecule has 0 spiro atoms. The minimum absolute atomic E-state index is 0.0882. The van der Waals surface area contributed by atoms with Crippen LogP contribution in [0.5, 0.6) is 0 Å². The van der Waals surface area contributed by atoms with Gasteiger partial charge in [-0.3, -0.25) is 4.79 Å². The number of carbonyl (C=O) groups is 1. The summed E-state index contributed by atoms with van der Waals surface area (Å²) in [4.78, 5) is 11.1. The first kappa shape index (κ1) is 14.7. The fourth-order valence-electron chi connectivity index (χ4n) is 3.01. The maximum absolute atomic E-state index is 12.5. The van der Waals surface area contributed by atoms with E-state index in [1.807, 2.05) is 6.92 Å². The zero-order valence-electron chi connectivity index (χ0n) is 11.0. The Balaban J connectivity index is 2.16. The molecule has 0 aromatic carbocycles. The molecule has 6 nitrogen and oxygen atoms in total. The van der Waals surface area contributed by atoms with E-state index in [-0.39, 0.29) is 12.5 Å². The number of piperidine rings is 1. The van der Waals surface area contributed by atoms with E-state index in [2.05, 4.69) is 0 Å². The van der Waals surface area contributed by atoms with Crippen LogP contribution in [-0.2, 0) is 14.8 Å². The van der Waals surface area contributed by atoms with E-state index in [0.717, 1.165) is 0 Å². The number of carboxylic acid groups (broad SMARTS) is 1. The Bertz CT molecular complexity index is 449. The number of sulfonamides is 1. The molecule has 2 N–H and O–H groups in total. The Labute approximate surface area is 113 Å². The first-order valence-corrected chi connectivity index (χ1v) is 8.24. The van der Waals surface area contributed by atoms with Gasteiger partial charge < -0.3 is 10.2 Å². The summed E-state index contributed by atoms with van der Waals surface area (Å²) in [5, 5.41) is 18.1. The van der Waals surface area contributed by atoms with Gasteiger partial charge in [-0.15, -0.1) is 0 Å². The minimum atomic E-state index is -3.62. The first-order chi connectivity index (χ1) is 8.84. The highest BCUT2D eigenvalue weighted by molar-refractivity contribution is 7.89. The SMILES string of the molecule is CC1CCN(S(=O)(=O)C2CCCC2C(=O)O)CC1O. The lowest BCUT2D eigenvalue weighted by molar-refractivity contribution is -0.141. The topological polar surface area (TPSA) is 94.9 Å². The predicted octanol–water partition coefficient (Wildman–Crippen LogP) is 0.272. The van der Waals surface area contributed by atoms with E-state index in [4.69, 9.17) is 5.11 Å². The highest BCUT2D eigenvalue weighted by Crippen LogP contribution is 2.34. The molecule has 4 unspecified atom stereocenters. The third kappa shape index (κ3) is 2.78. The number of hydrogen-bond donors (Lipinski definition) is 2. The van der Waals surface area contributed by atoms with Crippen LogP contribution in [0.2, 0.25) is 0 Å². The number of β-amino-alcohol motifs (C(OH)–C–C–N with tert-alkyl or cyclic N) is 1. The van der Waals surface area contributed by atoms with Crippen LogP contribution in [0, 0.1) is 11.8 Å². The fraction of sp³-hybridized carbons (Fsp3) is 0.917. The summed E-state index contributed by atoms with van der Waals surface area (Å²) < 4.78 is 26.3. The van der Waals surface area contributed by atoms with E-state index >= 15 is 0 Å². The molecule has 1 saturated carbocycles. The summed E-state index contributed by atoms with van der Waals surface area (Å²) in [6, 6.07) is 0. The Kier molecular flexibility index (Phi) is 4.17. The van der Waals surface area contributed by atoms with Crippen molar-refractivity contribution >= 4 is 16.0 Å². The number of nitrogens with zero attached hydrogens (tertiary/aromatic N) is 1. The molecule has 2 rings (SSSR count). The Morgan fingerprint density at radius 2 is 1.95 bits per heavy atom. The van der Waals surface area contributed by atoms with Gasteiger partial charge in [-0.1, -0.05) is 13.3 Å². The van der Waals surface area contributed by atoms with Gasteiger partial charge in [-0.25, -0.2) is 8.42 Å². The number of rotatable bonds is 3. The molecule has 1 heterocycles. The maximum atomic E-state index is 12.5. The Morgan fingerprint density at radius 3 is 2.53 bits per heavy atom. The lowest BCUT2D eigenvalue weighted by atomic mass is 9.98. The van der Waals surface area contributed by atoms with Crippen LogP contribution in [0.3, 0.4) is 0 Å². The minimum Gasteiger partial charge on any atom is -0.481 e. The summed E-state index contributed by atoms with van der Waals surface area (Å²) >= 11 is 0. The molecular weight excluding hydrogens is 270 g/mol. The van der Waals surface area contributed by atoms with Gasteiger partial charge in [0.1, 0.15) is 0 Å². The van der Waals surface area contributed by atoms with Crippen molar-refractivity contribution in [2.24, 2.45) is 11.8 Å².